The lowest BCUT2D eigenvalue weighted by Crippen LogP contribution is -2.50. The molecule has 2 heterocycles. The Morgan fingerprint density at radius 1 is 1.14 bits per heavy atom. The lowest BCUT2D eigenvalue weighted by Gasteiger charge is -2.33. The number of rotatable bonds is 5. The minimum absolute atomic E-state index is 0.0658. The first kappa shape index (κ1) is 20.4. The van der Waals surface area contributed by atoms with Crippen LogP contribution in [0.15, 0.2) is 29.2 Å². The quantitative estimate of drug-likeness (QED) is 0.814. The molecule has 0 bridgehead atoms. The number of carbonyl (C=O) groups excluding carboxylic acids is 1. The average Bonchev–Trinajstić information content (AvgIpc) is 3.11. The molecule has 1 aromatic carbocycles. The number of benzene rings is 1. The second-order valence-corrected chi connectivity index (χ2v) is 9.09. The number of amides is 1. The molecule has 10 heteroatoms. The summed E-state index contributed by atoms with van der Waals surface area (Å²) in [6.07, 6.45) is 0.778. The van der Waals surface area contributed by atoms with Gasteiger partial charge in [0.25, 0.3) is 5.91 Å². The molecule has 0 atom stereocenters. The van der Waals surface area contributed by atoms with Crippen molar-refractivity contribution in [1.29, 1.82) is 0 Å². The van der Waals surface area contributed by atoms with Crippen LogP contribution in [-0.4, -0.2) is 59.9 Å². The Bertz CT molecular complexity index is 967. The van der Waals surface area contributed by atoms with Crippen LogP contribution < -0.4 is 0 Å². The summed E-state index contributed by atoms with van der Waals surface area (Å²) in [7, 11) is -3.96. The molecular weight excluding hydrogens is 390 g/mol. The van der Waals surface area contributed by atoms with Crippen LogP contribution in [-0.2, 0) is 16.4 Å². The minimum Gasteiger partial charge on any atom is -0.335 e. The molecule has 1 N–H and O–H groups in total. The topological polar surface area (TPSA) is 86.4 Å². The van der Waals surface area contributed by atoms with Crippen molar-refractivity contribution in [3.63, 3.8) is 0 Å². The molecular formula is C18H22F2N4O3S. The Morgan fingerprint density at radius 2 is 1.82 bits per heavy atom. The second-order valence-electron chi connectivity index (χ2n) is 7.15. The van der Waals surface area contributed by atoms with Gasteiger partial charge in [-0.3, -0.25) is 9.89 Å². The van der Waals surface area contributed by atoms with Crippen molar-refractivity contribution in [1.82, 2.24) is 19.4 Å². The first-order valence-electron chi connectivity index (χ1n) is 8.97. The number of carbonyl (C=O) groups is 1. The van der Waals surface area contributed by atoms with E-state index in [0.29, 0.717) is 17.7 Å². The van der Waals surface area contributed by atoms with Gasteiger partial charge in [0.2, 0.25) is 10.0 Å². The van der Waals surface area contributed by atoms with Gasteiger partial charge in [-0.15, -0.1) is 0 Å². The predicted octanol–water partition coefficient (Wildman–Crippen LogP) is 2.03. The largest absolute Gasteiger partial charge is 0.335 e. The second kappa shape index (κ2) is 7.96. The third-order valence-electron chi connectivity index (χ3n) is 4.53. The van der Waals surface area contributed by atoms with Crippen LogP contribution >= 0.6 is 0 Å². The van der Waals surface area contributed by atoms with E-state index in [0.717, 1.165) is 28.6 Å². The predicted molar refractivity (Wildman–Crippen MR) is 98.2 cm³/mol. The molecule has 1 aliphatic rings. The van der Waals surface area contributed by atoms with Crippen LogP contribution in [0.1, 0.15) is 30.0 Å². The Hall–Kier alpha value is -2.33. The summed E-state index contributed by atoms with van der Waals surface area (Å²) in [6, 6.07) is 4.20. The van der Waals surface area contributed by atoms with Crippen molar-refractivity contribution >= 4 is 15.9 Å². The molecule has 0 unspecified atom stereocenters. The molecule has 1 fully saturated rings. The Labute approximate surface area is 162 Å². The Kier molecular flexibility index (Phi) is 5.80. The number of aromatic amines is 1. The van der Waals surface area contributed by atoms with Gasteiger partial charge in [-0.2, -0.15) is 9.40 Å². The number of hydrogen-bond donors (Lipinski definition) is 1. The monoisotopic (exact) mass is 412 g/mol. The van der Waals surface area contributed by atoms with Gasteiger partial charge in [0.1, 0.15) is 5.69 Å². The first-order valence-corrected chi connectivity index (χ1v) is 10.4. The fourth-order valence-electron chi connectivity index (χ4n) is 3.10. The van der Waals surface area contributed by atoms with Gasteiger partial charge in [-0.25, -0.2) is 17.2 Å². The van der Waals surface area contributed by atoms with E-state index in [9.17, 15) is 22.0 Å². The molecule has 1 amide bonds. The van der Waals surface area contributed by atoms with Crippen molar-refractivity contribution in [3.05, 3.63) is 47.3 Å². The number of hydrogen-bond acceptors (Lipinski definition) is 4. The summed E-state index contributed by atoms with van der Waals surface area (Å²) < 4.78 is 52.9. The van der Waals surface area contributed by atoms with Crippen molar-refractivity contribution in [2.45, 2.75) is 25.2 Å². The number of nitrogens with one attached hydrogen (secondary N) is 1. The molecule has 7 nitrogen and oxygen atoms in total. The zero-order valence-electron chi connectivity index (χ0n) is 15.7. The number of halogens is 2. The van der Waals surface area contributed by atoms with Crippen LogP contribution in [0.3, 0.4) is 0 Å². The fraction of sp³-hybridized carbons (Fsp3) is 0.444. The normalized spacial score (nSPS) is 16.0. The smallest absolute Gasteiger partial charge is 0.274 e. The summed E-state index contributed by atoms with van der Waals surface area (Å²) >= 11 is 0. The molecule has 0 spiro atoms. The number of nitrogens with zero attached hydrogens (tertiary/aromatic N) is 3. The van der Waals surface area contributed by atoms with Crippen LogP contribution in [0.2, 0.25) is 0 Å². The van der Waals surface area contributed by atoms with Crippen LogP contribution in [0.4, 0.5) is 8.78 Å². The molecule has 1 saturated heterocycles. The van der Waals surface area contributed by atoms with Crippen molar-refractivity contribution < 1.29 is 22.0 Å². The van der Waals surface area contributed by atoms with Gasteiger partial charge in [-0.05, 0) is 36.6 Å². The van der Waals surface area contributed by atoms with Crippen molar-refractivity contribution in [2.75, 3.05) is 26.2 Å². The van der Waals surface area contributed by atoms with Gasteiger partial charge in [0, 0.05) is 31.9 Å². The molecule has 1 aliphatic heterocycles. The molecule has 3 rings (SSSR count). The zero-order valence-corrected chi connectivity index (χ0v) is 16.5. The summed E-state index contributed by atoms with van der Waals surface area (Å²) in [6.45, 7) is 4.64. The lowest BCUT2D eigenvalue weighted by atomic mass is 10.1. The molecule has 0 saturated carbocycles. The third-order valence-corrected chi connectivity index (χ3v) is 6.43. The highest BCUT2D eigenvalue weighted by Crippen LogP contribution is 2.20. The van der Waals surface area contributed by atoms with E-state index < -0.39 is 21.7 Å². The van der Waals surface area contributed by atoms with Crippen LogP contribution in [0.25, 0.3) is 0 Å². The Balaban J connectivity index is 1.65. The highest BCUT2D eigenvalue weighted by atomic mass is 32.2. The maximum absolute atomic E-state index is 13.4. The molecule has 152 valence electrons. The minimum atomic E-state index is -3.96. The van der Waals surface area contributed by atoms with Crippen molar-refractivity contribution in [2.24, 2.45) is 5.92 Å². The Morgan fingerprint density at radius 3 is 2.43 bits per heavy atom. The zero-order chi connectivity index (χ0) is 20.5. The van der Waals surface area contributed by atoms with E-state index in [1.165, 1.54) is 4.90 Å². The van der Waals surface area contributed by atoms with E-state index >= 15 is 0 Å². The summed E-state index contributed by atoms with van der Waals surface area (Å²) in [5, 5.41) is 6.90. The SMILES string of the molecule is CC(C)Cc1cc(C(=O)N2CCN(S(=O)(=O)c3ccc(F)c(F)c3)CC2)n[nH]1. The molecule has 0 aliphatic carbocycles. The van der Waals surface area contributed by atoms with E-state index in [-0.39, 0.29) is 37.0 Å². The van der Waals surface area contributed by atoms with Gasteiger partial charge < -0.3 is 4.90 Å². The van der Waals surface area contributed by atoms with Gasteiger partial charge in [0.15, 0.2) is 11.6 Å². The summed E-state index contributed by atoms with van der Waals surface area (Å²) in [5.74, 6) is -2.17. The summed E-state index contributed by atoms with van der Waals surface area (Å²) in [4.78, 5) is 13.8. The highest BCUT2D eigenvalue weighted by molar-refractivity contribution is 7.89. The van der Waals surface area contributed by atoms with Crippen LogP contribution in [0, 0.1) is 17.6 Å². The molecule has 2 aromatic rings. The third kappa shape index (κ3) is 4.22. The number of aromatic nitrogens is 2. The van der Waals surface area contributed by atoms with E-state index in [1.807, 2.05) is 0 Å². The van der Waals surface area contributed by atoms with E-state index in [4.69, 9.17) is 0 Å². The highest BCUT2D eigenvalue weighted by Gasteiger charge is 2.31. The summed E-state index contributed by atoms with van der Waals surface area (Å²) in [5.41, 5.74) is 1.17. The first-order chi connectivity index (χ1) is 13.2. The number of piperazine rings is 1. The number of H-pyrrole nitrogens is 1. The van der Waals surface area contributed by atoms with Crippen LogP contribution in [0.5, 0.6) is 0 Å². The molecule has 0 radical (unpaired) electrons. The van der Waals surface area contributed by atoms with E-state index in [2.05, 4.69) is 24.0 Å². The molecule has 28 heavy (non-hydrogen) atoms. The lowest BCUT2D eigenvalue weighted by molar-refractivity contribution is 0.0692. The maximum atomic E-state index is 13.4. The molecule has 1 aromatic heterocycles. The van der Waals surface area contributed by atoms with Gasteiger partial charge in [-0.1, -0.05) is 13.8 Å². The average molecular weight is 412 g/mol. The van der Waals surface area contributed by atoms with Gasteiger partial charge >= 0.3 is 0 Å². The maximum Gasteiger partial charge on any atom is 0.274 e. The van der Waals surface area contributed by atoms with Crippen molar-refractivity contribution in [3.8, 4) is 0 Å². The van der Waals surface area contributed by atoms with E-state index in [1.54, 1.807) is 6.07 Å². The fourth-order valence-corrected chi connectivity index (χ4v) is 4.53. The van der Waals surface area contributed by atoms with Gasteiger partial charge in [0.05, 0.1) is 4.90 Å². The number of sulfonamides is 1. The standard InChI is InChI=1S/C18H22F2N4O3S/c1-12(2)9-13-10-17(22-21-13)18(25)23-5-7-24(8-6-23)28(26,27)14-3-4-15(19)16(20)11-14/h3-4,10-12H,5-9H2,1-2H3,(H,21,22).